The number of hydrogen-bond acceptors (Lipinski definition) is 7. The zero-order valence-corrected chi connectivity index (χ0v) is 23.4. The van der Waals surface area contributed by atoms with Crippen LogP contribution in [-0.2, 0) is 21.2 Å². The summed E-state index contributed by atoms with van der Waals surface area (Å²) in [6.45, 7) is 5.62. The van der Waals surface area contributed by atoms with Gasteiger partial charge in [0.1, 0.15) is 17.3 Å². The summed E-state index contributed by atoms with van der Waals surface area (Å²) in [4.78, 5) is 20.8. The molecule has 0 unspecified atom stereocenters. The third kappa shape index (κ3) is 6.54. The Hall–Kier alpha value is -4.10. The molecule has 0 atom stereocenters. The Kier molecular flexibility index (Phi) is 8.35. The van der Waals surface area contributed by atoms with Crippen LogP contribution in [0.3, 0.4) is 0 Å². The number of nitrogens with one attached hydrogen (secondary N) is 4. The zero-order chi connectivity index (χ0) is 29.1. The average Bonchev–Trinajstić information content (AvgIpc) is 3.30. The molecule has 0 aliphatic rings. The Morgan fingerprint density at radius 2 is 1.80 bits per heavy atom. The van der Waals surface area contributed by atoms with E-state index in [1.807, 2.05) is 0 Å². The summed E-state index contributed by atoms with van der Waals surface area (Å²) in [5, 5.41) is 9.27. The molecular formula is C27H31F2N7O3S. The monoisotopic (exact) mass is 571 g/mol. The van der Waals surface area contributed by atoms with Crippen LogP contribution in [0.4, 0.5) is 26.1 Å². The predicted molar refractivity (Wildman–Crippen MR) is 151 cm³/mol. The molecule has 10 nitrogen and oxygen atoms in total. The normalized spacial score (nSPS) is 11.9. The van der Waals surface area contributed by atoms with Gasteiger partial charge < -0.3 is 20.5 Å². The number of carbonyl (C=O) groups is 1. The number of aromatic nitrogens is 3. The van der Waals surface area contributed by atoms with Crippen LogP contribution in [0.1, 0.15) is 26.3 Å². The molecule has 4 rings (SSSR count). The zero-order valence-electron chi connectivity index (χ0n) is 22.5. The van der Waals surface area contributed by atoms with Crippen molar-refractivity contribution in [3.63, 3.8) is 0 Å². The molecule has 2 aromatic heterocycles. The van der Waals surface area contributed by atoms with Gasteiger partial charge in [0.05, 0.1) is 16.9 Å². The van der Waals surface area contributed by atoms with Gasteiger partial charge in [-0.25, -0.2) is 22.2 Å². The van der Waals surface area contributed by atoms with Crippen LogP contribution in [-0.4, -0.2) is 53.7 Å². The van der Waals surface area contributed by atoms with Crippen LogP contribution in [0, 0.1) is 11.6 Å². The highest BCUT2D eigenvalue weighted by Gasteiger charge is 2.29. The molecule has 2 heterocycles. The molecule has 0 aliphatic heterocycles. The first-order valence-electron chi connectivity index (χ1n) is 12.5. The maximum absolute atomic E-state index is 14.7. The Bertz CT molecular complexity index is 1650. The van der Waals surface area contributed by atoms with Gasteiger partial charge in [-0.3, -0.25) is 9.52 Å². The number of benzene rings is 2. The van der Waals surface area contributed by atoms with E-state index >= 15 is 0 Å². The van der Waals surface area contributed by atoms with Crippen molar-refractivity contribution in [2.45, 2.75) is 31.9 Å². The topological polar surface area (TPSA) is 130 Å². The molecule has 1 amide bonds. The van der Waals surface area contributed by atoms with Gasteiger partial charge in [0.25, 0.3) is 0 Å². The molecule has 212 valence electrons. The van der Waals surface area contributed by atoms with Gasteiger partial charge in [-0.1, -0.05) is 6.07 Å². The molecule has 0 saturated heterocycles. The predicted octanol–water partition coefficient (Wildman–Crippen LogP) is 3.86. The van der Waals surface area contributed by atoms with Crippen LogP contribution in [0.2, 0.25) is 0 Å². The molecule has 0 fully saturated rings. The van der Waals surface area contributed by atoms with Gasteiger partial charge in [-0.2, -0.15) is 4.98 Å². The standard InChI is InChI=1S/C27H31F2N7O3S/c1-27(2,3)40(38,39)35-23-15-20(7-8-21(23)28)36-12-9-18-16-32-26(34-25(18)36)33-19-6-5-17(22(29)14-19)13-24(37)31-11-10-30-4/h5-9,12,14-16,30,35H,10-11,13H2,1-4H3,(H,31,37)(H,32,33,34). The summed E-state index contributed by atoms with van der Waals surface area (Å²) >= 11 is 0. The van der Waals surface area contributed by atoms with Crippen LogP contribution < -0.4 is 20.7 Å². The summed E-state index contributed by atoms with van der Waals surface area (Å²) in [6.07, 6.45) is 3.19. The Labute approximate surface area is 231 Å². The Morgan fingerprint density at radius 1 is 1.02 bits per heavy atom. The number of anilines is 3. The van der Waals surface area contributed by atoms with Gasteiger partial charge in [-0.05, 0) is 69.8 Å². The fourth-order valence-electron chi connectivity index (χ4n) is 3.69. The maximum Gasteiger partial charge on any atom is 0.237 e. The molecule has 0 spiro atoms. The van der Waals surface area contributed by atoms with Crippen molar-refractivity contribution >= 4 is 44.3 Å². The third-order valence-corrected chi connectivity index (χ3v) is 8.16. The first-order chi connectivity index (χ1) is 18.9. The highest BCUT2D eigenvalue weighted by atomic mass is 32.2. The van der Waals surface area contributed by atoms with Crippen molar-refractivity contribution < 1.29 is 22.0 Å². The highest BCUT2D eigenvalue weighted by molar-refractivity contribution is 7.94. The van der Waals surface area contributed by atoms with E-state index in [9.17, 15) is 22.0 Å². The molecule has 13 heteroatoms. The lowest BCUT2D eigenvalue weighted by atomic mass is 10.1. The summed E-state index contributed by atoms with van der Waals surface area (Å²) in [5.74, 6) is -1.36. The molecular weight excluding hydrogens is 540 g/mol. The first kappa shape index (κ1) is 28.9. The third-order valence-electron chi connectivity index (χ3n) is 6.06. The lowest BCUT2D eigenvalue weighted by molar-refractivity contribution is -0.120. The van der Waals surface area contributed by atoms with E-state index in [1.165, 1.54) is 51.1 Å². The van der Waals surface area contributed by atoms with Gasteiger partial charge in [0.2, 0.25) is 21.9 Å². The van der Waals surface area contributed by atoms with Crippen molar-refractivity contribution in [2.75, 3.05) is 30.2 Å². The smallest absolute Gasteiger partial charge is 0.237 e. The maximum atomic E-state index is 14.7. The lowest BCUT2D eigenvalue weighted by Crippen LogP contribution is -2.34. The van der Waals surface area contributed by atoms with Gasteiger partial charge in [-0.15, -0.1) is 0 Å². The van der Waals surface area contributed by atoms with Gasteiger partial charge in [0, 0.05) is 42.2 Å². The SMILES string of the molecule is CNCCNC(=O)Cc1ccc(Nc2ncc3ccn(-c4ccc(F)c(NS(=O)(=O)C(C)(C)C)c4)c3n2)cc1F. The molecule has 0 radical (unpaired) electrons. The summed E-state index contributed by atoms with van der Waals surface area (Å²) in [7, 11) is -2.08. The number of nitrogens with zero attached hydrogens (tertiary/aromatic N) is 3. The van der Waals surface area contributed by atoms with Crippen molar-refractivity contribution in [3.8, 4) is 5.69 Å². The van der Waals surface area contributed by atoms with Crippen molar-refractivity contribution in [2.24, 2.45) is 0 Å². The van der Waals surface area contributed by atoms with E-state index in [2.05, 4.69) is 30.6 Å². The summed E-state index contributed by atoms with van der Waals surface area (Å²) < 4.78 is 57.3. The van der Waals surface area contributed by atoms with E-state index in [0.29, 0.717) is 35.5 Å². The summed E-state index contributed by atoms with van der Waals surface area (Å²) in [5.41, 5.74) is 1.38. The minimum Gasteiger partial charge on any atom is -0.355 e. The van der Waals surface area contributed by atoms with E-state index in [-0.39, 0.29) is 29.5 Å². The quantitative estimate of drug-likeness (QED) is 0.213. The Morgan fingerprint density at radius 3 is 2.50 bits per heavy atom. The van der Waals surface area contributed by atoms with E-state index in [4.69, 9.17) is 0 Å². The van der Waals surface area contributed by atoms with Crippen molar-refractivity contribution in [1.29, 1.82) is 0 Å². The number of rotatable bonds is 10. The van der Waals surface area contributed by atoms with Crippen molar-refractivity contribution in [1.82, 2.24) is 25.2 Å². The lowest BCUT2D eigenvalue weighted by Gasteiger charge is -2.21. The number of likely N-dealkylation sites (N-methyl/N-ethyl adjacent to an activating group) is 1. The molecule has 0 saturated carbocycles. The van der Waals surface area contributed by atoms with Crippen molar-refractivity contribution in [3.05, 3.63) is 72.1 Å². The van der Waals surface area contributed by atoms with Crippen LogP contribution in [0.5, 0.6) is 0 Å². The number of halogens is 2. The number of sulfonamides is 1. The molecule has 0 aliphatic carbocycles. The summed E-state index contributed by atoms with van der Waals surface area (Å²) in [6, 6.07) is 10.2. The largest absolute Gasteiger partial charge is 0.355 e. The molecule has 4 N–H and O–H groups in total. The van der Waals surface area contributed by atoms with E-state index in [0.717, 1.165) is 0 Å². The van der Waals surface area contributed by atoms with Crippen LogP contribution >= 0.6 is 0 Å². The average molecular weight is 572 g/mol. The second-order valence-corrected chi connectivity index (χ2v) is 12.5. The van der Waals surface area contributed by atoms with Gasteiger partial charge in [0.15, 0.2) is 0 Å². The number of carbonyl (C=O) groups excluding carboxylic acids is 1. The number of hydrogen-bond donors (Lipinski definition) is 4. The first-order valence-corrected chi connectivity index (χ1v) is 14.0. The van der Waals surface area contributed by atoms with Crippen LogP contribution in [0.25, 0.3) is 16.7 Å². The molecule has 2 aromatic carbocycles. The van der Waals surface area contributed by atoms with E-state index < -0.39 is 26.4 Å². The number of amides is 1. The molecule has 4 aromatic rings. The van der Waals surface area contributed by atoms with Gasteiger partial charge >= 0.3 is 0 Å². The minimum absolute atomic E-state index is 0.0859. The second kappa shape index (κ2) is 11.6. The Balaban J connectivity index is 1.56. The highest BCUT2D eigenvalue weighted by Crippen LogP contribution is 2.27. The van der Waals surface area contributed by atoms with E-state index in [1.54, 1.807) is 36.1 Å². The number of fused-ring (bicyclic) bond motifs is 1. The molecule has 0 bridgehead atoms. The fraction of sp³-hybridized carbons (Fsp3) is 0.296. The second-order valence-electron chi connectivity index (χ2n) is 10.1. The molecule has 40 heavy (non-hydrogen) atoms. The minimum atomic E-state index is -3.85. The fourth-order valence-corrected chi connectivity index (χ4v) is 4.44. The van der Waals surface area contributed by atoms with Crippen LogP contribution in [0.15, 0.2) is 54.9 Å².